The molecule has 2 unspecified atom stereocenters. The third-order valence-corrected chi connectivity index (χ3v) is 11.9. The summed E-state index contributed by atoms with van der Waals surface area (Å²) in [6.45, 7) is 13.1. The largest absolute Gasteiger partial charge is 0.453 e. The zero-order valence-corrected chi connectivity index (χ0v) is 13.3. The average molecular weight is 270 g/mol. The number of aliphatic hydroxyl groups is 1. The average Bonchev–Trinajstić information content (AvgIpc) is 2.63. The molecule has 104 valence electrons. The van der Waals surface area contributed by atoms with Gasteiger partial charge in [-0.15, -0.1) is 0 Å². The molecule has 0 saturated carbocycles. The van der Waals surface area contributed by atoms with Crippen molar-refractivity contribution in [2.75, 3.05) is 0 Å². The van der Waals surface area contributed by atoms with E-state index in [0.717, 1.165) is 0 Å². The molecule has 0 amide bonds. The van der Waals surface area contributed by atoms with E-state index >= 15 is 0 Å². The number of carbonyl (C=O) groups is 1. The van der Waals surface area contributed by atoms with Gasteiger partial charge in [-0.3, -0.25) is 0 Å². The zero-order valence-electron chi connectivity index (χ0n) is 12.3. The topological polar surface area (TPSA) is 46.5 Å². The summed E-state index contributed by atoms with van der Waals surface area (Å²) in [6.07, 6.45) is 2.69. The van der Waals surface area contributed by atoms with Crippen molar-refractivity contribution >= 4 is 14.0 Å². The lowest BCUT2D eigenvalue weighted by molar-refractivity contribution is -0.141. The molecule has 0 bridgehead atoms. The maximum absolute atomic E-state index is 11.2. The molecule has 0 aromatic carbocycles. The molecular weight excluding hydrogens is 244 g/mol. The van der Waals surface area contributed by atoms with E-state index in [4.69, 9.17) is 4.74 Å². The molecule has 0 radical (unpaired) electrons. The number of aliphatic hydroxyl groups excluding tert-OH is 1. The van der Waals surface area contributed by atoms with E-state index < -0.39 is 19.9 Å². The minimum absolute atomic E-state index is 0.335. The summed E-state index contributed by atoms with van der Waals surface area (Å²) in [6, 6.07) is 0. The third-order valence-electron chi connectivity index (χ3n) is 4.50. The predicted molar refractivity (Wildman–Crippen MR) is 76.1 cm³/mol. The van der Waals surface area contributed by atoms with Crippen LogP contribution < -0.4 is 0 Å². The van der Waals surface area contributed by atoms with Crippen molar-refractivity contribution in [2.45, 2.75) is 70.0 Å². The molecule has 0 saturated heterocycles. The lowest BCUT2D eigenvalue weighted by Gasteiger charge is -2.47. The SMILES string of the molecule is CC(C)[Si](C(C)C)(C(C)C)C(O)C1C=CC(=O)O1. The van der Waals surface area contributed by atoms with Gasteiger partial charge in [-0.1, -0.05) is 41.5 Å². The predicted octanol–water partition coefficient (Wildman–Crippen LogP) is 3.05. The van der Waals surface area contributed by atoms with Crippen molar-refractivity contribution in [1.82, 2.24) is 0 Å². The highest BCUT2D eigenvalue weighted by molar-refractivity contribution is 6.84. The fourth-order valence-corrected chi connectivity index (χ4v) is 10.7. The van der Waals surface area contributed by atoms with E-state index in [2.05, 4.69) is 41.5 Å². The molecule has 0 aromatic heterocycles. The Morgan fingerprint density at radius 3 is 1.83 bits per heavy atom. The minimum atomic E-state index is -2.00. The van der Waals surface area contributed by atoms with Crippen LogP contribution in [0.4, 0.5) is 0 Å². The Labute approximate surface area is 111 Å². The first-order valence-electron chi connectivity index (χ1n) is 6.81. The highest BCUT2D eigenvalue weighted by Crippen LogP contribution is 2.45. The number of hydrogen-bond donors (Lipinski definition) is 1. The number of cyclic esters (lactones) is 1. The first-order valence-corrected chi connectivity index (χ1v) is 9.12. The Kier molecular flexibility index (Phi) is 4.78. The van der Waals surface area contributed by atoms with Crippen molar-refractivity contribution in [2.24, 2.45) is 0 Å². The smallest absolute Gasteiger partial charge is 0.331 e. The van der Waals surface area contributed by atoms with Gasteiger partial charge >= 0.3 is 5.97 Å². The molecular formula is C14H26O3Si. The summed E-state index contributed by atoms with van der Waals surface area (Å²) in [7, 11) is -2.00. The van der Waals surface area contributed by atoms with Crippen molar-refractivity contribution in [3.63, 3.8) is 0 Å². The van der Waals surface area contributed by atoms with Crippen molar-refractivity contribution in [1.29, 1.82) is 0 Å². The van der Waals surface area contributed by atoms with Crippen LogP contribution >= 0.6 is 0 Å². The maximum Gasteiger partial charge on any atom is 0.331 e. The van der Waals surface area contributed by atoms with Gasteiger partial charge in [0.15, 0.2) is 0 Å². The number of esters is 1. The lowest BCUT2D eigenvalue weighted by Crippen LogP contribution is -2.59. The van der Waals surface area contributed by atoms with Crippen LogP contribution in [0.2, 0.25) is 16.6 Å². The fourth-order valence-electron chi connectivity index (χ4n) is 3.86. The van der Waals surface area contributed by atoms with Crippen LogP contribution in [0.15, 0.2) is 12.2 Å². The number of ether oxygens (including phenoxy) is 1. The van der Waals surface area contributed by atoms with Gasteiger partial charge in [0.25, 0.3) is 0 Å². The van der Waals surface area contributed by atoms with Gasteiger partial charge < -0.3 is 9.84 Å². The quantitative estimate of drug-likeness (QED) is 0.617. The van der Waals surface area contributed by atoms with E-state index in [1.807, 2.05) is 0 Å². The molecule has 1 N–H and O–H groups in total. The number of carbonyl (C=O) groups excluding carboxylic acids is 1. The molecule has 4 heteroatoms. The van der Waals surface area contributed by atoms with E-state index in [0.29, 0.717) is 16.6 Å². The molecule has 0 aromatic rings. The number of hydrogen-bond acceptors (Lipinski definition) is 3. The van der Waals surface area contributed by atoms with Gasteiger partial charge in [-0.05, 0) is 22.7 Å². The van der Waals surface area contributed by atoms with Crippen LogP contribution in [0.5, 0.6) is 0 Å². The lowest BCUT2D eigenvalue weighted by atomic mass is 10.4. The van der Waals surface area contributed by atoms with Crippen LogP contribution in [0, 0.1) is 0 Å². The van der Waals surface area contributed by atoms with E-state index in [1.165, 1.54) is 6.08 Å². The molecule has 1 rings (SSSR count). The second-order valence-electron chi connectivity index (χ2n) is 6.17. The second kappa shape index (κ2) is 5.57. The van der Waals surface area contributed by atoms with Crippen LogP contribution in [0.3, 0.4) is 0 Å². The van der Waals surface area contributed by atoms with Crippen LogP contribution in [0.1, 0.15) is 41.5 Å². The Morgan fingerprint density at radius 2 is 1.56 bits per heavy atom. The van der Waals surface area contributed by atoms with Gasteiger partial charge in [-0.2, -0.15) is 0 Å². The monoisotopic (exact) mass is 270 g/mol. The molecule has 0 aliphatic carbocycles. The van der Waals surface area contributed by atoms with Crippen LogP contribution in [-0.4, -0.2) is 31.0 Å². The zero-order chi connectivity index (χ0) is 14.1. The molecule has 1 aliphatic heterocycles. The highest BCUT2D eigenvalue weighted by Gasteiger charge is 2.52. The molecule has 0 spiro atoms. The molecule has 2 atom stereocenters. The van der Waals surface area contributed by atoms with Crippen molar-refractivity contribution in [3.05, 3.63) is 12.2 Å². The second-order valence-corrected chi connectivity index (χ2v) is 12.2. The normalized spacial score (nSPS) is 22.1. The standard InChI is InChI=1S/C14H26O3Si/c1-9(2)18(10(3)4,11(5)6)14(16)12-7-8-13(15)17-12/h7-12,14,16H,1-6H3. The Balaban J connectivity index is 3.10. The van der Waals surface area contributed by atoms with Crippen molar-refractivity contribution < 1.29 is 14.6 Å². The third kappa shape index (κ3) is 2.41. The first-order chi connectivity index (χ1) is 8.24. The summed E-state index contributed by atoms with van der Waals surface area (Å²) in [5.41, 5.74) is 0.806. The van der Waals surface area contributed by atoms with Gasteiger partial charge in [-0.25, -0.2) is 4.79 Å². The summed E-state index contributed by atoms with van der Waals surface area (Å²) in [4.78, 5) is 11.2. The highest BCUT2D eigenvalue weighted by atomic mass is 28.3. The molecule has 18 heavy (non-hydrogen) atoms. The van der Waals surface area contributed by atoms with E-state index in [1.54, 1.807) is 6.08 Å². The van der Waals surface area contributed by atoms with Crippen molar-refractivity contribution in [3.8, 4) is 0 Å². The Hall–Kier alpha value is -0.613. The Bertz CT molecular complexity index is 312. The summed E-state index contributed by atoms with van der Waals surface area (Å²) < 4.78 is 5.21. The van der Waals surface area contributed by atoms with Gasteiger partial charge in [0.05, 0.1) is 5.73 Å². The summed E-state index contributed by atoms with van der Waals surface area (Å²) in [5, 5.41) is 10.8. The molecule has 0 fully saturated rings. The summed E-state index contributed by atoms with van der Waals surface area (Å²) >= 11 is 0. The Morgan fingerprint density at radius 1 is 1.11 bits per heavy atom. The molecule has 3 nitrogen and oxygen atoms in total. The van der Waals surface area contributed by atoms with Gasteiger partial charge in [0.1, 0.15) is 14.2 Å². The maximum atomic E-state index is 11.2. The number of rotatable bonds is 5. The summed E-state index contributed by atoms with van der Waals surface area (Å²) in [5.74, 6) is -0.335. The minimum Gasteiger partial charge on any atom is -0.453 e. The van der Waals surface area contributed by atoms with Crippen LogP contribution in [-0.2, 0) is 9.53 Å². The van der Waals surface area contributed by atoms with Gasteiger partial charge in [0, 0.05) is 6.08 Å². The van der Waals surface area contributed by atoms with E-state index in [9.17, 15) is 9.90 Å². The molecule has 1 aliphatic rings. The van der Waals surface area contributed by atoms with Crippen LogP contribution in [0.25, 0.3) is 0 Å². The van der Waals surface area contributed by atoms with Gasteiger partial charge in [0.2, 0.25) is 0 Å². The fraction of sp³-hybridized carbons (Fsp3) is 0.786. The van der Waals surface area contributed by atoms with E-state index in [-0.39, 0.29) is 5.97 Å². The first kappa shape index (κ1) is 15.4. The molecule has 1 heterocycles.